The van der Waals surface area contributed by atoms with Gasteiger partial charge in [-0.1, -0.05) is 60.8 Å². The molecule has 2 fully saturated rings. The van der Waals surface area contributed by atoms with E-state index >= 15 is 0 Å². The van der Waals surface area contributed by atoms with E-state index in [-0.39, 0.29) is 121 Å². The molecule has 1 radical (unpaired) electrons. The van der Waals surface area contributed by atoms with Gasteiger partial charge in [0.2, 0.25) is 0 Å². The van der Waals surface area contributed by atoms with Crippen LogP contribution in [0.5, 0.6) is 0 Å². The summed E-state index contributed by atoms with van der Waals surface area (Å²) in [6.07, 6.45) is -3.25. The van der Waals surface area contributed by atoms with Gasteiger partial charge in [0.1, 0.15) is 0 Å². The first-order valence-electron chi connectivity index (χ1n) is 18.8. The minimum atomic E-state index is -2.21. The summed E-state index contributed by atoms with van der Waals surface area (Å²) in [6, 6.07) is 8.93. The molecule has 4 aliphatic rings. The monoisotopic (exact) mass is 811 g/mol. The molecule has 13 nitrogen and oxygen atoms in total. The van der Waals surface area contributed by atoms with E-state index in [1.165, 1.54) is 10.9 Å². The number of hydrogen-bond donors (Lipinski definition) is 2. The second-order valence-corrected chi connectivity index (χ2v) is 11.7. The molecule has 0 saturated carbocycles. The number of carboxylic acids is 2. The Morgan fingerprint density at radius 3 is 2.17 bits per heavy atom. The van der Waals surface area contributed by atoms with Crippen LogP contribution in [0.2, 0.25) is 0 Å². The van der Waals surface area contributed by atoms with Gasteiger partial charge in [-0.3, -0.25) is 29.3 Å². The third kappa shape index (κ3) is 10.2. The van der Waals surface area contributed by atoms with Crippen molar-refractivity contribution in [2.75, 3.05) is 72.0 Å². The molecule has 7 rings (SSSR count). The Morgan fingerprint density at radius 1 is 0.872 bits per heavy atom. The number of carboxylic acid groups (broad SMARTS) is 2. The molecule has 6 atom stereocenters. The Hall–Kier alpha value is -2.52. The van der Waals surface area contributed by atoms with E-state index in [4.69, 9.17) is 9.10 Å². The quantitative estimate of drug-likeness (QED) is 0.392. The summed E-state index contributed by atoms with van der Waals surface area (Å²) in [6.45, 7) is 0.205. The summed E-state index contributed by atoms with van der Waals surface area (Å²) in [5.41, 5.74) is 2.55. The van der Waals surface area contributed by atoms with Crippen LogP contribution in [-0.4, -0.2) is 140 Å². The second-order valence-electron chi connectivity index (χ2n) is 11.7. The molecular formula is C33H44LuN9O4-. The first kappa shape index (κ1) is 28.3. The minimum Gasteiger partial charge on any atom is -0.651 e. The van der Waals surface area contributed by atoms with Gasteiger partial charge < -0.3 is 20.4 Å². The average Bonchev–Trinajstić information content (AvgIpc) is 3.58. The van der Waals surface area contributed by atoms with Crippen LogP contribution in [0.1, 0.15) is 50.5 Å². The van der Waals surface area contributed by atoms with Crippen molar-refractivity contribution in [1.29, 1.82) is 0 Å². The first-order chi connectivity index (χ1) is 24.8. The number of nitrogens with zero attached hydrogens (tertiary/aromatic N) is 9. The van der Waals surface area contributed by atoms with Crippen molar-refractivity contribution < 1.29 is 64.9 Å². The van der Waals surface area contributed by atoms with Crippen molar-refractivity contribution in [3.8, 4) is 11.1 Å². The topological polar surface area (TPSA) is 145 Å². The van der Waals surface area contributed by atoms with Gasteiger partial charge in [-0.25, -0.2) is 4.68 Å². The van der Waals surface area contributed by atoms with Gasteiger partial charge in [0, 0.05) is 110 Å². The van der Waals surface area contributed by atoms with Gasteiger partial charge in [0.15, 0.2) is 0 Å². The molecule has 14 heteroatoms. The SMILES string of the molecule is [2H]C1C([2H])C2([2H])CN3CCN(CC(=O)O)CCN(CCN(CC(=O)O)CC3)C([2H])c3cc(-c4ccccc4)cc(n3)Cn3nncc3C([2H])([N-]2)C1[2H].[Lu]. The molecule has 4 aliphatic heterocycles. The number of carbonyl (C=O) groups is 2. The number of fused-ring (bicyclic) bond motifs is 8. The summed E-state index contributed by atoms with van der Waals surface area (Å²) in [5, 5.41) is 32.4. The Kier molecular flexibility index (Phi) is 10.4. The number of hydrogen-bond acceptors (Lipinski definition) is 9. The van der Waals surface area contributed by atoms with E-state index in [1.54, 1.807) is 9.80 Å². The molecule has 6 heterocycles. The summed E-state index contributed by atoms with van der Waals surface area (Å²) < 4.78 is 56.7. The van der Waals surface area contributed by atoms with Gasteiger partial charge >= 0.3 is 11.9 Å². The number of aliphatic carboxylic acids is 2. The Balaban J connectivity index is 0.00000541. The molecule has 1 aromatic carbocycles. The van der Waals surface area contributed by atoms with Crippen LogP contribution in [0.25, 0.3) is 16.4 Å². The minimum absolute atomic E-state index is 0. The fourth-order valence-electron chi connectivity index (χ4n) is 5.95. The van der Waals surface area contributed by atoms with Crippen molar-refractivity contribution in [2.24, 2.45) is 0 Å². The zero-order valence-corrected chi connectivity index (χ0v) is 27.6. The van der Waals surface area contributed by atoms with Crippen molar-refractivity contribution in [2.45, 2.75) is 44.3 Å². The largest absolute Gasteiger partial charge is 0.651 e. The van der Waals surface area contributed by atoms with E-state index in [0.29, 0.717) is 11.4 Å². The zero-order valence-electron chi connectivity index (χ0n) is 31.9. The smallest absolute Gasteiger partial charge is 0.317 e. The summed E-state index contributed by atoms with van der Waals surface area (Å²) in [4.78, 5) is 36.0. The van der Waals surface area contributed by atoms with Gasteiger partial charge in [-0.15, -0.1) is 11.1 Å². The van der Waals surface area contributed by atoms with Crippen LogP contribution in [0.4, 0.5) is 0 Å². The second kappa shape index (κ2) is 17.2. The molecule has 2 saturated heterocycles. The maximum absolute atomic E-state index is 12.0. The predicted molar refractivity (Wildman–Crippen MR) is 172 cm³/mol. The summed E-state index contributed by atoms with van der Waals surface area (Å²) >= 11 is 0. The van der Waals surface area contributed by atoms with Crippen LogP contribution in [0.3, 0.4) is 0 Å². The maximum atomic E-state index is 12.0. The first-order valence-corrected chi connectivity index (χ1v) is 15.5. The van der Waals surface area contributed by atoms with Gasteiger partial charge in [0.25, 0.3) is 0 Å². The van der Waals surface area contributed by atoms with Crippen LogP contribution < -0.4 is 0 Å². The van der Waals surface area contributed by atoms with Crippen LogP contribution in [0, 0.1) is 36.9 Å². The fraction of sp³-hybridized carbons (Fsp3) is 0.545. The van der Waals surface area contributed by atoms with Crippen LogP contribution in [-0.2, 0) is 22.7 Å². The average molecular weight is 812 g/mol. The van der Waals surface area contributed by atoms with E-state index in [0.717, 1.165) is 11.1 Å². The van der Waals surface area contributed by atoms with Crippen LogP contribution >= 0.6 is 0 Å². The molecular weight excluding hydrogens is 761 g/mol. The Bertz CT molecular complexity index is 1700. The number of piperidine rings is 1. The predicted octanol–water partition coefficient (Wildman–Crippen LogP) is 2.26. The molecule has 2 N–H and O–H groups in total. The molecule has 6 unspecified atom stereocenters. The molecule has 47 heavy (non-hydrogen) atoms. The zero-order chi connectivity index (χ0) is 37.2. The van der Waals surface area contributed by atoms with Crippen molar-refractivity contribution in [3.05, 3.63) is 71.1 Å². The number of benzene rings is 1. The molecule has 2 aromatic heterocycles. The Morgan fingerprint density at radius 2 is 1.51 bits per heavy atom. The molecule has 6 bridgehead atoms. The fourth-order valence-corrected chi connectivity index (χ4v) is 5.95. The van der Waals surface area contributed by atoms with Gasteiger partial charge in [-0.2, -0.15) is 0 Å². The molecule has 0 spiro atoms. The van der Waals surface area contributed by atoms with E-state index in [2.05, 4.69) is 15.6 Å². The summed E-state index contributed by atoms with van der Waals surface area (Å²) in [7, 11) is 0. The summed E-state index contributed by atoms with van der Waals surface area (Å²) in [5.74, 6) is -2.06. The third-order valence-corrected chi connectivity index (χ3v) is 8.29. The van der Waals surface area contributed by atoms with Crippen molar-refractivity contribution in [1.82, 2.24) is 39.6 Å². The normalized spacial score (nSPS) is 36.0. The maximum Gasteiger partial charge on any atom is 0.317 e. The molecule has 0 aliphatic carbocycles. The van der Waals surface area contributed by atoms with E-state index in [9.17, 15) is 23.9 Å². The van der Waals surface area contributed by atoms with E-state index in [1.807, 2.05) is 52.3 Å². The molecule has 261 valence electrons. The van der Waals surface area contributed by atoms with Gasteiger partial charge in [0.05, 0.1) is 37.2 Å². The molecule has 3 aromatic rings. The number of rotatable bonds is 5. The standard InChI is InChI=1S/C33H44N9O4.Lu/c43-32(44)23-40-13-9-38-10-14-41(24-33(45)46)16-12-39(11-15-40)21-28-17-26(25-5-2-1-3-6-25)18-29(35-28)22-42-31(19-34-37-42)30-8-4-7-27(20-38)36-30;/h1-3,5-6,17-19,27,30H,4,7-16,20-24H2,(H,43,44)(H,45,46);/q-1;/i4D,7D,8D,21D,27D,30D;. The molecule has 0 amide bonds. The van der Waals surface area contributed by atoms with E-state index < -0.39 is 49.7 Å². The number of aromatic nitrogens is 4. The third-order valence-electron chi connectivity index (χ3n) is 8.29. The van der Waals surface area contributed by atoms with Crippen molar-refractivity contribution >= 4 is 11.9 Å². The number of pyridine rings is 1. The van der Waals surface area contributed by atoms with Crippen LogP contribution in [0.15, 0.2) is 48.7 Å². The Labute approximate surface area is 313 Å². The van der Waals surface area contributed by atoms with Gasteiger partial charge in [-0.05, 0) is 29.8 Å². The van der Waals surface area contributed by atoms with Crippen molar-refractivity contribution in [3.63, 3.8) is 0 Å².